The molecule has 0 nitrogen and oxygen atoms in total. The normalized spacial score (nSPS) is 18.3. The number of hydrogen-bond donors (Lipinski definition) is 0. The number of alkyl halides is 6. The van der Waals surface area contributed by atoms with Gasteiger partial charge in [0.15, 0.2) is 0 Å². The lowest BCUT2D eigenvalue weighted by molar-refractivity contribution is -0.138. The Bertz CT molecular complexity index is 627. The monoisotopic (exact) mass is 380 g/mol. The van der Waals surface area contributed by atoms with Gasteiger partial charge in [-0.1, -0.05) is 29.9 Å². The topological polar surface area (TPSA) is 0 Å². The molecule has 1 unspecified atom stereocenters. The van der Waals surface area contributed by atoms with E-state index in [1.807, 2.05) is 18.2 Å². The predicted molar refractivity (Wildman–Crippen MR) is 87.4 cm³/mol. The van der Waals surface area contributed by atoms with Crippen molar-refractivity contribution >= 4 is 11.8 Å². The molecule has 0 fully saturated rings. The highest BCUT2D eigenvalue weighted by atomic mass is 32.2. The summed E-state index contributed by atoms with van der Waals surface area (Å²) in [4.78, 5) is 0.531. The van der Waals surface area contributed by atoms with Crippen molar-refractivity contribution in [3.63, 3.8) is 0 Å². The van der Waals surface area contributed by atoms with Gasteiger partial charge in [-0.2, -0.15) is 26.3 Å². The van der Waals surface area contributed by atoms with Gasteiger partial charge in [0.2, 0.25) is 0 Å². The first-order valence-corrected chi connectivity index (χ1v) is 8.86. The molecule has 0 aliphatic heterocycles. The third-order valence-corrected chi connectivity index (χ3v) is 4.84. The zero-order chi connectivity index (χ0) is 18.5. The van der Waals surface area contributed by atoms with Gasteiger partial charge in [0.1, 0.15) is 0 Å². The minimum absolute atomic E-state index is 0.0676. The van der Waals surface area contributed by atoms with Gasteiger partial charge in [0.05, 0.1) is 5.56 Å². The molecule has 2 rings (SSSR count). The fourth-order valence-corrected chi connectivity index (χ4v) is 3.54. The zero-order valence-corrected chi connectivity index (χ0v) is 14.1. The van der Waals surface area contributed by atoms with Gasteiger partial charge in [-0.15, -0.1) is 11.8 Å². The summed E-state index contributed by atoms with van der Waals surface area (Å²) in [5, 5.41) is 0. The molecule has 1 atom stereocenters. The van der Waals surface area contributed by atoms with Crippen molar-refractivity contribution in [2.75, 3.05) is 5.75 Å². The fourth-order valence-electron chi connectivity index (χ4n) is 2.59. The molecule has 0 spiro atoms. The van der Waals surface area contributed by atoms with Crippen LogP contribution in [0.2, 0.25) is 0 Å². The van der Waals surface area contributed by atoms with Gasteiger partial charge >= 0.3 is 12.4 Å². The van der Waals surface area contributed by atoms with Crippen molar-refractivity contribution < 1.29 is 26.3 Å². The Kier molecular flexibility index (Phi) is 6.65. The van der Waals surface area contributed by atoms with Crippen molar-refractivity contribution in [1.29, 1.82) is 0 Å². The summed E-state index contributed by atoms with van der Waals surface area (Å²) in [6.45, 7) is 0. The lowest BCUT2D eigenvalue weighted by atomic mass is 9.91. The van der Waals surface area contributed by atoms with E-state index in [0.717, 1.165) is 17.7 Å². The van der Waals surface area contributed by atoms with E-state index >= 15 is 0 Å². The van der Waals surface area contributed by atoms with Crippen LogP contribution in [0.15, 0.2) is 53.0 Å². The SMILES string of the molecule is FC(F)(F)CCC1C=C(CCSc2cccc(C(F)(F)F)c2)C=CC1. The van der Waals surface area contributed by atoms with Crippen molar-refractivity contribution in [2.45, 2.75) is 42.9 Å². The van der Waals surface area contributed by atoms with Crippen LogP contribution in [0.4, 0.5) is 26.3 Å². The Morgan fingerprint density at radius 2 is 1.84 bits per heavy atom. The summed E-state index contributed by atoms with van der Waals surface area (Å²) >= 11 is 1.31. The Morgan fingerprint density at radius 1 is 1.08 bits per heavy atom. The molecule has 1 aliphatic rings. The first-order valence-electron chi connectivity index (χ1n) is 7.87. The van der Waals surface area contributed by atoms with Crippen LogP contribution < -0.4 is 0 Å². The Balaban J connectivity index is 1.85. The minimum atomic E-state index is -4.36. The number of hydrogen-bond acceptors (Lipinski definition) is 1. The molecular weight excluding hydrogens is 362 g/mol. The fraction of sp³-hybridized carbons (Fsp3) is 0.444. The van der Waals surface area contributed by atoms with Crippen LogP contribution >= 0.6 is 11.8 Å². The van der Waals surface area contributed by atoms with Gasteiger partial charge in [-0.25, -0.2) is 0 Å². The van der Waals surface area contributed by atoms with E-state index in [0.29, 0.717) is 23.5 Å². The summed E-state index contributed by atoms with van der Waals surface area (Å²) in [6.07, 6.45) is -2.42. The number of thioether (sulfide) groups is 1. The highest BCUT2D eigenvalue weighted by molar-refractivity contribution is 7.99. The number of halogens is 6. The molecule has 1 aromatic carbocycles. The molecule has 0 saturated heterocycles. The lowest BCUT2D eigenvalue weighted by Gasteiger charge is -2.17. The first-order chi connectivity index (χ1) is 11.6. The van der Waals surface area contributed by atoms with E-state index in [4.69, 9.17) is 0 Å². The molecule has 0 bridgehead atoms. The van der Waals surface area contributed by atoms with Crippen molar-refractivity contribution in [1.82, 2.24) is 0 Å². The summed E-state index contributed by atoms with van der Waals surface area (Å²) < 4.78 is 74.9. The minimum Gasteiger partial charge on any atom is -0.171 e. The van der Waals surface area contributed by atoms with Gasteiger partial charge in [0, 0.05) is 17.1 Å². The third kappa shape index (κ3) is 7.18. The van der Waals surface area contributed by atoms with Gasteiger partial charge in [0.25, 0.3) is 0 Å². The Labute approximate surface area is 147 Å². The van der Waals surface area contributed by atoms with Gasteiger partial charge < -0.3 is 0 Å². The second-order valence-electron chi connectivity index (χ2n) is 5.92. The van der Waals surface area contributed by atoms with Crippen molar-refractivity contribution in [3.05, 3.63) is 53.6 Å². The average Bonchev–Trinajstić information content (AvgIpc) is 2.52. The molecular formula is C18H18F6S. The molecule has 7 heteroatoms. The largest absolute Gasteiger partial charge is 0.416 e. The molecule has 25 heavy (non-hydrogen) atoms. The molecule has 0 amide bonds. The van der Waals surface area contributed by atoms with Gasteiger partial charge in [-0.3, -0.25) is 0 Å². The van der Waals surface area contributed by atoms with Crippen LogP contribution in [0.3, 0.4) is 0 Å². The van der Waals surface area contributed by atoms with Crippen LogP contribution in [0, 0.1) is 5.92 Å². The number of allylic oxidation sites excluding steroid dienone is 4. The van der Waals surface area contributed by atoms with Crippen LogP contribution in [-0.2, 0) is 6.18 Å². The molecule has 0 heterocycles. The van der Waals surface area contributed by atoms with Crippen molar-refractivity contribution in [2.24, 2.45) is 5.92 Å². The number of rotatable bonds is 6. The van der Waals surface area contributed by atoms with Crippen LogP contribution in [0.5, 0.6) is 0 Å². The second-order valence-corrected chi connectivity index (χ2v) is 7.09. The maximum Gasteiger partial charge on any atom is 0.416 e. The third-order valence-electron chi connectivity index (χ3n) is 3.84. The molecule has 1 aliphatic carbocycles. The van der Waals surface area contributed by atoms with E-state index in [-0.39, 0.29) is 12.3 Å². The van der Waals surface area contributed by atoms with Crippen LogP contribution in [0.1, 0.15) is 31.2 Å². The average molecular weight is 380 g/mol. The summed E-state index contributed by atoms with van der Waals surface area (Å²) in [5.74, 6) is 0.448. The summed E-state index contributed by atoms with van der Waals surface area (Å²) in [6, 6.07) is 5.14. The first kappa shape index (κ1) is 19.9. The summed E-state index contributed by atoms with van der Waals surface area (Å²) in [7, 11) is 0. The standard InChI is InChI=1S/C18H18F6S/c19-17(20,21)9-7-13-3-1-4-14(11-13)8-10-25-16-6-2-5-15(12-16)18(22,23)24/h1-2,4-6,11-13H,3,7-10H2. The van der Waals surface area contributed by atoms with Gasteiger partial charge in [-0.05, 0) is 43.4 Å². The zero-order valence-electron chi connectivity index (χ0n) is 13.3. The Morgan fingerprint density at radius 3 is 2.52 bits per heavy atom. The van der Waals surface area contributed by atoms with Crippen LogP contribution in [-0.4, -0.2) is 11.9 Å². The quantitative estimate of drug-likeness (QED) is 0.377. The smallest absolute Gasteiger partial charge is 0.171 e. The van der Waals surface area contributed by atoms with E-state index in [1.54, 1.807) is 6.07 Å². The highest BCUT2D eigenvalue weighted by Gasteiger charge is 2.30. The van der Waals surface area contributed by atoms with E-state index in [2.05, 4.69) is 0 Å². The van der Waals surface area contributed by atoms with Crippen LogP contribution in [0.25, 0.3) is 0 Å². The maximum atomic E-state index is 12.7. The Hall–Kier alpha value is -1.37. The highest BCUT2D eigenvalue weighted by Crippen LogP contribution is 2.33. The molecule has 0 aromatic heterocycles. The van der Waals surface area contributed by atoms with E-state index in [1.165, 1.54) is 17.8 Å². The predicted octanol–water partition coefficient (Wildman–Crippen LogP) is 7.03. The molecule has 0 N–H and O–H groups in total. The molecule has 0 radical (unpaired) electrons. The molecule has 138 valence electrons. The van der Waals surface area contributed by atoms with E-state index < -0.39 is 24.3 Å². The van der Waals surface area contributed by atoms with Crippen molar-refractivity contribution in [3.8, 4) is 0 Å². The molecule has 0 saturated carbocycles. The summed E-state index contributed by atoms with van der Waals surface area (Å²) in [5.41, 5.74) is 0.263. The van der Waals surface area contributed by atoms with E-state index in [9.17, 15) is 26.3 Å². The molecule has 1 aromatic rings. The lowest BCUT2D eigenvalue weighted by Crippen LogP contribution is -2.11. The maximum absolute atomic E-state index is 12.7. The second kappa shape index (κ2) is 8.34. The number of benzene rings is 1.